The summed E-state index contributed by atoms with van der Waals surface area (Å²) in [6.07, 6.45) is 7.36. The molecule has 164 valence electrons. The maximum atomic E-state index is 13.2. The van der Waals surface area contributed by atoms with E-state index in [2.05, 4.69) is 10.6 Å². The molecule has 2 saturated carbocycles. The van der Waals surface area contributed by atoms with Crippen molar-refractivity contribution in [1.82, 2.24) is 10.6 Å². The number of ketones is 1. The molecule has 0 radical (unpaired) electrons. The number of carbonyl (C=O) groups is 3. The van der Waals surface area contributed by atoms with Crippen molar-refractivity contribution in [2.24, 2.45) is 16.3 Å². The van der Waals surface area contributed by atoms with E-state index in [-0.39, 0.29) is 24.2 Å². The van der Waals surface area contributed by atoms with Crippen LogP contribution in [0, 0.1) is 11.3 Å². The SMILES string of the molecule is CC1OCC(NC(=O)C(CCC23CCC(CC2)C3)N=C2NC(=O)c3ccccc32)C1=O. The van der Waals surface area contributed by atoms with Crippen LogP contribution in [0.5, 0.6) is 0 Å². The van der Waals surface area contributed by atoms with Gasteiger partial charge in [0.15, 0.2) is 5.78 Å². The molecule has 3 atom stereocenters. The summed E-state index contributed by atoms with van der Waals surface area (Å²) in [6, 6.07) is 5.99. The quantitative estimate of drug-likeness (QED) is 0.734. The van der Waals surface area contributed by atoms with Gasteiger partial charge in [-0.15, -0.1) is 0 Å². The number of benzene rings is 1. The lowest BCUT2D eigenvalue weighted by Gasteiger charge is -2.28. The summed E-state index contributed by atoms with van der Waals surface area (Å²) in [6.45, 7) is 1.90. The number of nitrogens with one attached hydrogen (secondary N) is 2. The Balaban J connectivity index is 1.37. The van der Waals surface area contributed by atoms with Crippen molar-refractivity contribution in [1.29, 1.82) is 0 Å². The average Bonchev–Trinajstić information content (AvgIpc) is 3.53. The fourth-order valence-corrected chi connectivity index (χ4v) is 5.82. The van der Waals surface area contributed by atoms with Crippen molar-refractivity contribution in [2.45, 2.75) is 70.1 Å². The molecule has 3 fully saturated rings. The highest BCUT2D eigenvalue weighted by Gasteiger charge is 2.45. The highest BCUT2D eigenvalue weighted by molar-refractivity contribution is 6.23. The van der Waals surface area contributed by atoms with Crippen LogP contribution in [0.2, 0.25) is 0 Å². The van der Waals surface area contributed by atoms with Gasteiger partial charge in [-0.1, -0.05) is 18.2 Å². The van der Waals surface area contributed by atoms with E-state index in [4.69, 9.17) is 9.73 Å². The molecular formula is C24H29N3O4. The van der Waals surface area contributed by atoms with Crippen molar-refractivity contribution in [3.8, 4) is 0 Å². The highest BCUT2D eigenvalue weighted by atomic mass is 16.5. The maximum Gasteiger partial charge on any atom is 0.257 e. The number of fused-ring (bicyclic) bond motifs is 3. The van der Waals surface area contributed by atoms with Gasteiger partial charge in [-0.25, -0.2) is 0 Å². The monoisotopic (exact) mass is 423 g/mol. The molecule has 2 aliphatic carbocycles. The Morgan fingerprint density at radius 3 is 2.65 bits per heavy atom. The minimum absolute atomic E-state index is 0.104. The summed E-state index contributed by atoms with van der Waals surface area (Å²) in [5.74, 6) is 0.707. The van der Waals surface area contributed by atoms with Gasteiger partial charge in [-0.3, -0.25) is 19.4 Å². The van der Waals surface area contributed by atoms with Crippen LogP contribution in [0.3, 0.4) is 0 Å². The second kappa shape index (κ2) is 7.86. The minimum atomic E-state index is -0.654. The number of hydrogen-bond donors (Lipinski definition) is 2. The first-order chi connectivity index (χ1) is 14.9. The lowest BCUT2D eigenvalue weighted by molar-refractivity contribution is -0.128. The van der Waals surface area contributed by atoms with E-state index in [1.54, 1.807) is 13.0 Å². The van der Waals surface area contributed by atoms with Gasteiger partial charge in [0.25, 0.3) is 5.91 Å². The van der Waals surface area contributed by atoms with Gasteiger partial charge >= 0.3 is 0 Å². The normalized spacial score (nSPS) is 33.6. The van der Waals surface area contributed by atoms with Gasteiger partial charge in [0.05, 0.1) is 12.2 Å². The Morgan fingerprint density at radius 2 is 2.00 bits per heavy atom. The lowest BCUT2D eigenvalue weighted by atomic mass is 9.79. The summed E-state index contributed by atoms with van der Waals surface area (Å²) in [5, 5.41) is 5.66. The molecule has 2 bridgehead atoms. The second-order valence-corrected chi connectivity index (χ2v) is 9.62. The molecule has 7 heteroatoms. The largest absolute Gasteiger partial charge is 0.368 e. The summed E-state index contributed by atoms with van der Waals surface area (Å²) >= 11 is 0. The first-order valence-electron chi connectivity index (χ1n) is 11.4. The zero-order valence-electron chi connectivity index (χ0n) is 17.9. The molecule has 0 aromatic heterocycles. The lowest BCUT2D eigenvalue weighted by Crippen LogP contribution is -2.46. The number of nitrogens with zero attached hydrogens (tertiary/aromatic N) is 1. The number of ether oxygens (including phenoxy) is 1. The van der Waals surface area contributed by atoms with E-state index in [0.717, 1.165) is 17.9 Å². The first kappa shape index (κ1) is 20.4. The number of Topliss-reactive ketones (excluding diaryl/α,β-unsaturated/α-hetero) is 1. The van der Waals surface area contributed by atoms with Crippen molar-refractivity contribution in [3.05, 3.63) is 35.4 Å². The van der Waals surface area contributed by atoms with E-state index < -0.39 is 18.2 Å². The number of hydrogen-bond acceptors (Lipinski definition) is 5. The smallest absolute Gasteiger partial charge is 0.257 e. The van der Waals surface area contributed by atoms with Crippen LogP contribution < -0.4 is 10.6 Å². The zero-order valence-corrected chi connectivity index (χ0v) is 17.9. The van der Waals surface area contributed by atoms with Gasteiger partial charge in [0.1, 0.15) is 24.0 Å². The zero-order chi connectivity index (χ0) is 21.6. The molecule has 2 aliphatic heterocycles. The van der Waals surface area contributed by atoms with E-state index >= 15 is 0 Å². The van der Waals surface area contributed by atoms with E-state index in [0.29, 0.717) is 23.2 Å². The fourth-order valence-electron chi connectivity index (χ4n) is 5.82. The minimum Gasteiger partial charge on any atom is -0.368 e. The molecule has 1 saturated heterocycles. The topological polar surface area (TPSA) is 96.9 Å². The first-order valence-corrected chi connectivity index (χ1v) is 11.4. The van der Waals surface area contributed by atoms with Crippen LogP contribution in [-0.2, 0) is 14.3 Å². The predicted molar refractivity (Wildman–Crippen MR) is 115 cm³/mol. The van der Waals surface area contributed by atoms with Crippen LogP contribution >= 0.6 is 0 Å². The van der Waals surface area contributed by atoms with Crippen LogP contribution in [-0.4, -0.2) is 48.2 Å². The third-order valence-electron chi connectivity index (χ3n) is 7.66. The van der Waals surface area contributed by atoms with Crippen LogP contribution in [0.1, 0.15) is 67.8 Å². The van der Waals surface area contributed by atoms with E-state index in [1.165, 1.54) is 32.1 Å². The van der Waals surface area contributed by atoms with Gasteiger partial charge in [-0.05, 0) is 69.3 Å². The Hall–Kier alpha value is -2.54. The van der Waals surface area contributed by atoms with Crippen LogP contribution in [0.4, 0.5) is 0 Å². The summed E-state index contributed by atoms with van der Waals surface area (Å²) in [7, 11) is 0. The van der Waals surface area contributed by atoms with Gasteiger partial charge < -0.3 is 15.4 Å². The van der Waals surface area contributed by atoms with Crippen molar-refractivity contribution in [2.75, 3.05) is 6.61 Å². The Bertz CT molecular complexity index is 948. The number of carbonyl (C=O) groups excluding carboxylic acids is 3. The summed E-state index contributed by atoms with van der Waals surface area (Å²) in [4.78, 5) is 42.5. The van der Waals surface area contributed by atoms with Gasteiger partial charge in [-0.2, -0.15) is 0 Å². The molecule has 4 aliphatic rings. The molecule has 0 spiro atoms. The van der Waals surface area contributed by atoms with Crippen molar-refractivity contribution >= 4 is 23.4 Å². The molecule has 5 rings (SSSR count). The second-order valence-electron chi connectivity index (χ2n) is 9.62. The molecule has 31 heavy (non-hydrogen) atoms. The Kier molecular flexibility index (Phi) is 5.16. The number of amides is 2. The number of aliphatic imine (C=N–C) groups is 1. The third-order valence-corrected chi connectivity index (χ3v) is 7.66. The summed E-state index contributed by atoms with van der Waals surface area (Å²) < 4.78 is 5.38. The average molecular weight is 424 g/mol. The van der Waals surface area contributed by atoms with E-state index in [9.17, 15) is 14.4 Å². The fraction of sp³-hybridized carbons (Fsp3) is 0.583. The van der Waals surface area contributed by atoms with Gasteiger partial charge in [0.2, 0.25) is 5.91 Å². The van der Waals surface area contributed by atoms with Crippen molar-refractivity contribution in [3.63, 3.8) is 0 Å². The Labute approximate surface area is 182 Å². The van der Waals surface area contributed by atoms with Crippen LogP contribution in [0.25, 0.3) is 0 Å². The molecule has 2 amide bonds. The third kappa shape index (κ3) is 3.80. The number of rotatable bonds is 6. The standard InChI is InChI=1S/C24H29N3O4/c1-14-20(28)19(13-31-14)26-23(30)18(8-11-24-9-6-15(12-24)7-10-24)25-21-16-4-2-3-5-17(16)22(29)27-21/h2-5,14-15,18-19H,6-13H2,1H3,(H,26,30)(H,25,27,29). The maximum absolute atomic E-state index is 13.2. The molecule has 2 heterocycles. The molecule has 3 unspecified atom stereocenters. The Morgan fingerprint density at radius 1 is 1.26 bits per heavy atom. The molecule has 2 N–H and O–H groups in total. The molecule has 1 aromatic rings. The van der Waals surface area contributed by atoms with E-state index in [1.807, 2.05) is 18.2 Å². The summed E-state index contributed by atoms with van der Waals surface area (Å²) in [5.41, 5.74) is 1.63. The van der Waals surface area contributed by atoms with Gasteiger partial charge in [0, 0.05) is 5.56 Å². The highest BCUT2D eigenvalue weighted by Crippen LogP contribution is 2.56. The number of amidine groups is 1. The van der Waals surface area contributed by atoms with Crippen LogP contribution in [0.15, 0.2) is 29.3 Å². The molecule has 1 aromatic carbocycles. The predicted octanol–water partition coefficient (Wildman–Crippen LogP) is 2.38. The molecular weight excluding hydrogens is 394 g/mol. The molecule has 7 nitrogen and oxygen atoms in total. The van der Waals surface area contributed by atoms with Crippen molar-refractivity contribution < 1.29 is 19.1 Å².